The van der Waals surface area contributed by atoms with E-state index in [1.54, 1.807) is 6.92 Å². The summed E-state index contributed by atoms with van der Waals surface area (Å²) in [5.41, 5.74) is 0.967. The zero-order valence-corrected chi connectivity index (χ0v) is 18.0. The normalized spacial score (nSPS) is 10.6. The summed E-state index contributed by atoms with van der Waals surface area (Å²) in [4.78, 5) is 35.2. The van der Waals surface area contributed by atoms with Crippen molar-refractivity contribution in [2.24, 2.45) is 5.92 Å². The number of nitro groups is 1. The molecule has 162 valence electrons. The topological polar surface area (TPSA) is 117 Å². The molecule has 0 bridgehead atoms. The molecule has 2 rings (SSSR count). The largest absolute Gasteiger partial charge is 0.493 e. The number of carbonyl (C=O) groups excluding carboxylic acids is 2. The third kappa shape index (κ3) is 5.93. The molecule has 30 heavy (non-hydrogen) atoms. The Morgan fingerprint density at radius 3 is 2.60 bits per heavy atom. The number of ether oxygens (including phenoxy) is 3. The zero-order valence-electron chi connectivity index (χ0n) is 17.2. The van der Waals surface area contributed by atoms with Gasteiger partial charge in [0.1, 0.15) is 5.00 Å². The van der Waals surface area contributed by atoms with Gasteiger partial charge in [-0.3, -0.25) is 14.9 Å². The van der Waals surface area contributed by atoms with Gasteiger partial charge in [0.15, 0.2) is 18.1 Å². The number of benzene rings is 1. The summed E-state index contributed by atoms with van der Waals surface area (Å²) in [7, 11) is 1.39. The van der Waals surface area contributed by atoms with Gasteiger partial charge in [0.2, 0.25) is 0 Å². The third-order valence-electron chi connectivity index (χ3n) is 3.94. The molecule has 1 heterocycles. The van der Waals surface area contributed by atoms with E-state index in [0.717, 1.165) is 5.56 Å². The molecule has 0 spiro atoms. The summed E-state index contributed by atoms with van der Waals surface area (Å²) in [6, 6.07) is 3.85. The Hall–Kier alpha value is -3.14. The number of amides is 1. The van der Waals surface area contributed by atoms with E-state index in [4.69, 9.17) is 14.2 Å². The Morgan fingerprint density at radius 1 is 1.27 bits per heavy atom. The summed E-state index contributed by atoms with van der Waals surface area (Å²) in [6.45, 7) is 5.58. The minimum atomic E-state index is -0.570. The van der Waals surface area contributed by atoms with Crippen molar-refractivity contribution in [2.45, 2.75) is 27.2 Å². The Balaban J connectivity index is 2.15. The molecule has 0 radical (unpaired) electrons. The number of hydrogen-bond donors (Lipinski definition) is 1. The molecule has 0 saturated heterocycles. The highest BCUT2D eigenvalue weighted by Crippen LogP contribution is 2.32. The van der Waals surface area contributed by atoms with Crippen molar-refractivity contribution in [3.8, 4) is 11.5 Å². The van der Waals surface area contributed by atoms with E-state index in [2.05, 4.69) is 5.32 Å². The highest BCUT2D eigenvalue weighted by molar-refractivity contribution is 7.15. The van der Waals surface area contributed by atoms with Crippen LogP contribution in [0.4, 0.5) is 10.7 Å². The number of non-ortho nitro benzene ring substituents is 1. The van der Waals surface area contributed by atoms with Crippen molar-refractivity contribution in [1.29, 1.82) is 0 Å². The van der Waals surface area contributed by atoms with E-state index >= 15 is 0 Å². The number of thiophene rings is 1. The van der Waals surface area contributed by atoms with Crippen LogP contribution in [0.2, 0.25) is 0 Å². The van der Waals surface area contributed by atoms with E-state index < -0.39 is 23.4 Å². The lowest BCUT2D eigenvalue weighted by Crippen LogP contribution is -2.21. The quantitative estimate of drug-likeness (QED) is 0.339. The lowest BCUT2D eigenvalue weighted by atomic mass is 10.0. The monoisotopic (exact) mass is 436 g/mol. The lowest BCUT2D eigenvalue weighted by Gasteiger charge is -2.12. The Bertz CT molecular complexity index is 924. The molecule has 1 aromatic heterocycles. The van der Waals surface area contributed by atoms with Gasteiger partial charge in [-0.1, -0.05) is 13.8 Å². The SMILES string of the molecule is CCOC(=O)c1c(CC(C)C)csc1NC(=O)COc1cc([N+](=O)[O-])ccc1OC. The fraction of sp³-hybridized carbons (Fsp3) is 0.400. The van der Waals surface area contributed by atoms with Gasteiger partial charge >= 0.3 is 5.97 Å². The maximum absolute atomic E-state index is 12.4. The minimum Gasteiger partial charge on any atom is -0.493 e. The number of methoxy groups -OCH3 is 1. The van der Waals surface area contributed by atoms with Crippen molar-refractivity contribution >= 4 is 33.9 Å². The first kappa shape index (κ1) is 23.1. The summed E-state index contributed by atoms with van der Waals surface area (Å²) >= 11 is 1.23. The first-order valence-corrected chi connectivity index (χ1v) is 10.2. The zero-order chi connectivity index (χ0) is 22.3. The van der Waals surface area contributed by atoms with Gasteiger partial charge in [-0.05, 0) is 36.3 Å². The van der Waals surface area contributed by atoms with Crippen LogP contribution in [0, 0.1) is 16.0 Å². The molecule has 0 fully saturated rings. The van der Waals surface area contributed by atoms with Crippen LogP contribution in [-0.2, 0) is 16.0 Å². The maximum Gasteiger partial charge on any atom is 0.341 e. The van der Waals surface area contributed by atoms with Gasteiger partial charge in [-0.15, -0.1) is 11.3 Å². The molecule has 1 N–H and O–H groups in total. The van der Waals surface area contributed by atoms with Crippen LogP contribution < -0.4 is 14.8 Å². The van der Waals surface area contributed by atoms with Gasteiger partial charge < -0.3 is 19.5 Å². The Morgan fingerprint density at radius 2 is 2.00 bits per heavy atom. The summed E-state index contributed by atoms with van der Waals surface area (Å²) in [5, 5.41) is 15.8. The molecule has 9 nitrogen and oxygen atoms in total. The lowest BCUT2D eigenvalue weighted by molar-refractivity contribution is -0.385. The van der Waals surface area contributed by atoms with Crippen molar-refractivity contribution < 1.29 is 28.7 Å². The predicted octanol–water partition coefficient (Wildman–Crippen LogP) is 4.06. The second-order valence-electron chi connectivity index (χ2n) is 6.71. The first-order valence-electron chi connectivity index (χ1n) is 9.29. The molecule has 0 aliphatic rings. The molecular formula is C20H24N2O7S. The highest BCUT2D eigenvalue weighted by atomic mass is 32.1. The smallest absolute Gasteiger partial charge is 0.341 e. The molecule has 1 amide bonds. The van der Waals surface area contributed by atoms with Crippen LogP contribution in [-0.4, -0.2) is 37.1 Å². The van der Waals surface area contributed by atoms with Crippen LogP contribution >= 0.6 is 11.3 Å². The number of hydrogen-bond acceptors (Lipinski definition) is 8. The summed E-state index contributed by atoms with van der Waals surface area (Å²) < 4.78 is 15.7. The molecule has 0 aliphatic carbocycles. The van der Waals surface area contributed by atoms with Crippen molar-refractivity contribution in [1.82, 2.24) is 0 Å². The number of nitrogens with one attached hydrogen (secondary N) is 1. The van der Waals surface area contributed by atoms with Crippen LogP contribution in [0.5, 0.6) is 11.5 Å². The van der Waals surface area contributed by atoms with E-state index in [0.29, 0.717) is 22.9 Å². The number of carbonyl (C=O) groups is 2. The third-order valence-corrected chi connectivity index (χ3v) is 4.89. The summed E-state index contributed by atoms with van der Waals surface area (Å²) in [5.74, 6) is -0.367. The minimum absolute atomic E-state index is 0.0687. The van der Waals surface area contributed by atoms with Gasteiger partial charge in [0.05, 0.1) is 30.3 Å². The number of nitro benzene ring substituents is 1. The van der Waals surface area contributed by atoms with Crippen molar-refractivity contribution in [2.75, 3.05) is 25.6 Å². The number of anilines is 1. The second-order valence-corrected chi connectivity index (χ2v) is 7.59. The van der Waals surface area contributed by atoms with Crippen molar-refractivity contribution in [3.05, 3.63) is 44.8 Å². The first-order chi connectivity index (χ1) is 14.3. The van der Waals surface area contributed by atoms with E-state index in [1.807, 2.05) is 19.2 Å². The molecule has 1 aromatic carbocycles. The van der Waals surface area contributed by atoms with Crippen LogP contribution in [0.3, 0.4) is 0 Å². The van der Waals surface area contributed by atoms with Crippen LogP contribution in [0.25, 0.3) is 0 Å². The molecule has 2 aromatic rings. The molecule has 0 saturated carbocycles. The summed E-state index contributed by atoms with van der Waals surface area (Å²) in [6.07, 6.45) is 0.669. The Kier molecular flexibility index (Phi) is 8.16. The highest BCUT2D eigenvalue weighted by Gasteiger charge is 2.22. The fourth-order valence-corrected chi connectivity index (χ4v) is 3.68. The van der Waals surface area contributed by atoms with Crippen molar-refractivity contribution in [3.63, 3.8) is 0 Å². The van der Waals surface area contributed by atoms with Gasteiger partial charge in [0.25, 0.3) is 11.6 Å². The number of nitrogens with zero attached hydrogens (tertiary/aromatic N) is 1. The molecule has 0 unspecified atom stereocenters. The predicted molar refractivity (Wildman–Crippen MR) is 113 cm³/mol. The van der Waals surface area contributed by atoms with Crippen LogP contribution in [0.15, 0.2) is 23.6 Å². The number of rotatable bonds is 10. The van der Waals surface area contributed by atoms with E-state index in [9.17, 15) is 19.7 Å². The number of esters is 1. The maximum atomic E-state index is 12.4. The molecule has 0 atom stereocenters. The van der Waals surface area contributed by atoms with Gasteiger partial charge in [-0.2, -0.15) is 0 Å². The van der Waals surface area contributed by atoms with E-state index in [1.165, 1.54) is 36.6 Å². The van der Waals surface area contributed by atoms with Gasteiger partial charge in [0, 0.05) is 6.07 Å². The standard InChI is InChI=1S/C20H24N2O7S/c1-5-28-20(24)18-13(8-12(2)3)11-30-19(18)21-17(23)10-29-16-9-14(22(25)26)6-7-15(16)27-4/h6-7,9,11-12H,5,8,10H2,1-4H3,(H,21,23). The van der Waals surface area contributed by atoms with Gasteiger partial charge in [-0.25, -0.2) is 4.79 Å². The Labute approximate surface area is 178 Å². The van der Waals surface area contributed by atoms with Crippen LogP contribution in [0.1, 0.15) is 36.7 Å². The average molecular weight is 436 g/mol. The fourth-order valence-electron chi connectivity index (χ4n) is 2.70. The average Bonchev–Trinajstić information content (AvgIpc) is 3.07. The molecular weight excluding hydrogens is 412 g/mol. The molecule has 10 heteroatoms. The van der Waals surface area contributed by atoms with E-state index in [-0.39, 0.29) is 23.8 Å². The second kappa shape index (κ2) is 10.6. The molecule has 0 aliphatic heterocycles.